The molecule has 1 aliphatic heterocycles. The normalized spacial score (nSPS) is 14.2. The second-order valence-corrected chi connectivity index (χ2v) is 8.27. The van der Waals surface area contributed by atoms with Crippen LogP contribution in [0.25, 0.3) is 21.2 Å². The number of morpholine rings is 1. The summed E-state index contributed by atoms with van der Waals surface area (Å²) in [6.45, 7) is 3.25. The molecule has 0 unspecified atom stereocenters. The molecule has 1 saturated heterocycles. The van der Waals surface area contributed by atoms with Crippen LogP contribution in [0.1, 0.15) is 10.6 Å². The van der Waals surface area contributed by atoms with Crippen LogP contribution in [-0.2, 0) is 4.74 Å². The highest BCUT2D eigenvalue weighted by atomic mass is 32.1. The van der Waals surface area contributed by atoms with Gasteiger partial charge in [0.1, 0.15) is 5.58 Å². The molecule has 0 spiro atoms. The van der Waals surface area contributed by atoms with Gasteiger partial charge in [0.15, 0.2) is 16.0 Å². The van der Waals surface area contributed by atoms with Gasteiger partial charge < -0.3 is 19.4 Å². The molecule has 5 rings (SSSR count). The maximum atomic E-state index is 12.4. The molecule has 7 nitrogen and oxygen atoms in total. The average molecular weight is 439 g/mol. The van der Waals surface area contributed by atoms with Crippen molar-refractivity contribution >= 4 is 66.6 Å². The summed E-state index contributed by atoms with van der Waals surface area (Å²) in [6.07, 6.45) is 0. The summed E-state index contributed by atoms with van der Waals surface area (Å²) < 4.78 is 12.0. The van der Waals surface area contributed by atoms with Gasteiger partial charge in [0.25, 0.3) is 5.91 Å². The Kier molecular flexibility index (Phi) is 5.07. The predicted octanol–water partition coefficient (Wildman–Crippen LogP) is 4.01. The molecule has 3 heterocycles. The summed E-state index contributed by atoms with van der Waals surface area (Å²) in [6, 6.07) is 15.3. The number of amides is 1. The number of thiocarbonyl (C=S) groups is 1. The van der Waals surface area contributed by atoms with Crippen LogP contribution >= 0.6 is 23.6 Å². The number of hydrogen-bond donors (Lipinski definition) is 2. The summed E-state index contributed by atoms with van der Waals surface area (Å²) >= 11 is 6.77. The predicted molar refractivity (Wildman–Crippen MR) is 123 cm³/mol. The van der Waals surface area contributed by atoms with Crippen molar-refractivity contribution in [1.82, 2.24) is 10.3 Å². The van der Waals surface area contributed by atoms with Gasteiger partial charge in [-0.15, -0.1) is 0 Å². The molecule has 1 fully saturated rings. The maximum Gasteiger partial charge on any atom is 0.293 e. The van der Waals surface area contributed by atoms with Gasteiger partial charge >= 0.3 is 0 Å². The van der Waals surface area contributed by atoms with E-state index in [-0.39, 0.29) is 10.9 Å². The van der Waals surface area contributed by atoms with E-state index >= 15 is 0 Å². The molecule has 4 aromatic rings. The first-order valence-corrected chi connectivity index (χ1v) is 10.7. The minimum Gasteiger partial charge on any atom is -0.451 e. The molecule has 2 aromatic carbocycles. The summed E-state index contributed by atoms with van der Waals surface area (Å²) in [7, 11) is 0. The third-order valence-electron chi connectivity index (χ3n) is 4.85. The Morgan fingerprint density at radius 1 is 1.13 bits per heavy atom. The van der Waals surface area contributed by atoms with E-state index in [0.717, 1.165) is 47.6 Å². The third-order valence-corrected chi connectivity index (χ3v) is 5.98. The number of nitrogens with one attached hydrogen (secondary N) is 2. The quantitative estimate of drug-likeness (QED) is 0.468. The van der Waals surface area contributed by atoms with Crippen molar-refractivity contribution in [3.63, 3.8) is 0 Å². The molecule has 9 heteroatoms. The van der Waals surface area contributed by atoms with Crippen LogP contribution in [0, 0.1) is 0 Å². The number of thiazole rings is 1. The zero-order valence-electron chi connectivity index (χ0n) is 15.9. The van der Waals surface area contributed by atoms with Crippen LogP contribution in [0.4, 0.5) is 10.8 Å². The van der Waals surface area contributed by atoms with E-state index in [1.807, 2.05) is 30.3 Å². The van der Waals surface area contributed by atoms with Gasteiger partial charge in [0.05, 0.1) is 23.4 Å². The maximum absolute atomic E-state index is 12.4. The largest absolute Gasteiger partial charge is 0.451 e. The molecule has 0 saturated carbocycles. The first-order chi connectivity index (χ1) is 14.7. The number of carbonyl (C=O) groups excluding carboxylic acids is 1. The van der Waals surface area contributed by atoms with E-state index in [0.29, 0.717) is 10.7 Å². The van der Waals surface area contributed by atoms with Crippen molar-refractivity contribution in [2.45, 2.75) is 0 Å². The van der Waals surface area contributed by atoms with Gasteiger partial charge in [-0.25, -0.2) is 4.98 Å². The second-order valence-electron chi connectivity index (χ2n) is 6.83. The van der Waals surface area contributed by atoms with Crippen molar-refractivity contribution in [3.8, 4) is 0 Å². The highest BCUT2D eigenvalue weighted by Gasteiger charge is 2.16. The molecule has 30 heavy (non-hydrogen) atoms. The Hall–Kier alpha value is -3.01. The summed E-state index contributed by atoms with van der Waals surface area (Å²) in [5.41, 5.74) is 2.69. The number of hydrogen-bond acceptors (Lipinski definition) is 7. The van der Waals surface area contributed by atoms with E-state index in [1.54, 1.807) is 6.07 Å². The lowest BCUT2D eigenvalue weighted by Crippen LogP contribution is -2.36. The molecular formula is C21H18N4O3S2. The van der Waals surface area contributed by atoms with Crippen molar-refractivity contribution in [3.05, 3.63) is 54.3 Å². The summed E-state index contributed by atoms with van der Waals surface area (Å²) in [5.74, 6) is -0.195. The molecular weight excluding hydrogens is 420 g/mol. The number of rotatable bonds is 3. The Balaban J connectivity index is 1.27. The molecule has 0 aliphatic carbocycles. The molecule has 152 valence electrons. The van der Waals surface area contributed by atoms with Gasteiger partial charge in [-0.1, -0.05) is 29.5 Å². The van der Waals surface area contributed by atoms with Crippen LogP contribution < -0.4 is 15.5 Å². The van der Waals surface area contributed by atoms with Crippen LogP contribution in [0.3, 0.4) is 0 Å². The van der Waals surface area contributed by atoms with Gasteiger partial charge in [-0.05, 0) is 42.5 Å². The fraction of sp³-hybridized carbons (Fsp3) is 0.190. The first kappa shape index (κ1) is 19.0. The van der Waals surface area contributed by atoms with E-state index in [1.165, 1.54) is 11.3 Å². The Morgan fingerprint density at radius 3 is 2.80 bits per heavy atom. The number of ether oxygens (including phenoxy) is 1. The lowest BCUT2D eigenvalue weighted by atomic mass is 10.2. The number of nitrogens with zero attached hydrogens (tertiary/aromatic N) is 2. The molecule has 0 atom stereocenters. The highest BCUT2D eigenvalue weighted by molar-refractivity contribution is 7.80. The van der Waals surface area contributed by atoms with Gasteiger partial charge in [0.2, 0.25) is 0 Å². The number of furan rings is 1. The topological polar surface area (TPSA) is 79.6 Å². The molecule has 0 radical (unpaired) electrons. The van der Waals surface area contributed by atoms with Crippen LogP contribution in [-0.4, -0.2) is 42.3 Å². The molecule has 2 aromatic heterocycles. The number of para-hydroxylation sites is 1. The molecule has 1 aliphatic rings. The highest BCUT2D eigenvalue weighted by Crippen LogP contribution is 2.30. The standard InChI is InChI=1S/C21H18N4O3S2/c26-19(17-11-13-3-1-2-4-16(13)28-17)23-20(29)24-21-22-15-6-5-14(12-18(15)30-21)25-7-9-27-10-8-25/h1-6,11-12H,7-10H2,(H2,22,23,24,26,29). The minimum atomic E-state index is -0.403. The van der Waals surface area contributed by atoms with E-state index in [9.17, 15) is 4.79 Å². The van der Waals surface area contributed by atoms with Crippen molar-refractivity contribution in [2.24, 2.45) is 0 Å². The smallest absolute Gasteiger partial charge is 0.293 e. The second kappa shape index (κ2) is 8.02. The van der Waals surface area contributed by atoms with Crippen LogP contribution in [0.5, 0.6) is 0 Å². The molecule has 1 amide bonds. The Morgan fingerprint density at radius 2 is 1.97 bits per heavy atom. The molecule has 0 bridgehead atoms. The lowest BCUT2D eigenvalue weighted by molar-refractivity contribution is 0.0953. The number of fused-ring (bicyclic) bond motifs is 2. The van der Waals surface area contributed by atoms with Crippen LogP contribution in [0.2, 0.25) is 0 Å². The number of carbonyl (C=O) groups is 1. The zero-order valence-corrected chi connectivity index (χ0v) is 17.5. The summed E-state index contributed by atoms with van der Waals surface area (Å²) in [4.78, 5) is 19.3. The molecule has 2 N–H and O–H groups in total. The fourth-order valence-corrected chi connectivity index (χ4v) is 4.53. The first-order valence-electron chi connectivity index (χ1n) is 9.50. The van der Waals surface area contributed by atoms with Crippen LogP contribution in [0.15, 0.2) is 52.9 Å². The summed E-state index contributed by atoms with van der Waals surface area (Å²) in [5, 5.41) is 7.30. The minimum absolute atomic E-state index is 0.174. The van der Waals surface area contributed by atoms with Gasteiger partial charge in [-0.2, -0.15) is 0 Å². The monoisotopic (exact) mass is 438 g/mol. The Bertz CT molecular complexity index is 1210. The van der Waals surface area contributed by atoms with Crippen molar-refractivity contribution in [1.29, 1.82) is 0 Å². The van der Waals surface area contributed by atoms with Crippen molar-refractivity contribution in [2.75, 3.05) is 36.5 Å². The lowest BCUT2D eigenvalue weighted by Gasteiger charge is -2.28. The SMILES string of the molecule is O=C(NC(=S)Nc1nc2ccc(N3CCOCC3)cc2s1)c1cc2ccccc2o1. The Labute approximate surface area is 181 Å². The third kappa shape index (κ3) is 3.87. The number of anilines is 2. The fourth-order valence-electron chi connectivity index (χ4n) is 3.37. The van der Waals surface area contributed by atoms with E-state index < -0.39 is 5.91 Å². The van der Waals surface area contributed by atoms with E-state index in [4.69, 9.17) is 21.4 Å². The van der Waals surface area contributed by atoms with Gasteiger partial charge in [-0.3, -0.25) is 10.1 Å². The number of benzene rings is 2. The van der Waals surface area contributed by atoms with E-state index in [2.05, 4.69) is 32.7 Å². The zero-order chi connectivity index (χ0) is 20.5. The van der Waals surface area contributed by atoms with Crippen molar-refractivity contribution < 1.29 is 13.9 Å². The van der Waals surface area contributed by atoms with Gasteiger partial charge in [0, 0.05) is 24.2 Å². The average Bonchev–Trinajstić information content (AvgIpc) is 3.37. The number of aromatic nitrogens is 1.